The maximum Gasteiger partial charge on any atom is 0.416 e. The van der Waals surface area contributed by atoms with Crippen molar-refractivity contribution in [3.05, 3.63) is 71.3 Å². The van der Waals surface area contributed by atoms with Gasteiger partial charge in [0.25, 0.3) is 0 Å². The fourth-order valence-electron chi connectivity index (χ4n) is 3.91. The van der Waals surface area contributed by atoms with Crippen LogP contribution in [0.3, 0.4) is 0 Å². The van der Waals surface area contributed by atoms with Crippen molar-refractivity contribution in [1.29, 1.82) is 0 Å². The second kappa shape index (κ2) is 6.96. The van der Waals surface area contributed by atoms with Crippen molar-refractivity contribution < 1.29 is 32.2 Å². The number of rotatable bonds is 4. The van der Waals surface area contributed by atoms with Crippen molar-refractivity contribution in [2.24, 2.45) is 5.41 Å². The summed E-state index contributed by atoms with van der Waals surface area (Å²) in [5.74, 6) is -1.46. The maximum atomic E-state index is 13.5. The highest BCUT2D eigenvalue weighted by Gasteiger charge is 2.64. The Labute approximate surface area is 160 Å². The molecule has 1 aliphatic rings. The molecule has 1 heterocycles. The summed E-state index contributed by atoms with van der Waals surface area (Å²) in [6.07, 6.45) is -5.33. The SMILES string of the molecule is COC(=O)C1(Cc2ccccc2C(F)(F)F)CC(=O)OC1(C)c1ccccc1. The molecular formula is C21H19F3O4. The molecule has 0 saturated carbocycles. The fourth-order valence-corrected chi connectivity index (χ4v) is 3.91. The van der Waals surface area contributed by atoms with Crippen LogP contribution in [0.25, 0.3) is 0 Å². The number of cyclic esters (lactones) is 1. The molecule has 4 nitrogen and oxygen atoms in total. The Morgan fingerprint density at radius 1 is 1.11 bits per heavy atom. The van der Waals surface area contributed by atoms with Crippen LogP contribution in [0, 0.1) is 5.41 Å². The molecule has 1 saturated heterocycles. The van der Waals surface area contributed by atoms with E-state index in [0.717, 1.165) is 13.2 Å². The second-order valence-corrected chi connectivity index (χ2v) is 6.96. The molecule has 1 fully saturated rings. The van der Waals surface area contributed by atoms with Gasteiger partial charge in [0.2, 0.25) is 0 Å². The molecule has 0 N–H and O–H groups in total. The smallest absolute Gasteiger partial charge is 0.416 e. The molecule has 148 valence electrons. The number of halogens is 3. The number of carbonyl (C=O) groups excluding carboxylic acids is 2. The van der Waals surface area contributed by atoms with Gasteiger partial charge in [-0.2, -0.15) is 13.2 Å². The molecule has 2 aromatic rings. The van der Waals surface area contributed by atoms with E-state index in [1.54, 1.807) is 37.3 Å². The Kier molecular flexibility index (Phi) is 4.95. The molecule has 0 amide bonds. The van der Waals surface area contributed by atoms with Crippen molar-refractivity contribution in [3.8, 4) is 0 Å². The van der Waals surface area contributed by atoms with E-state index in [-0.39, 0.29) is 18.4 Å². The van der Waals surface area contributed by atoms with Crippen molar-refractivity contribution in [2.75, 3.05) is 7.11 Å². The molecule has 2 unspecified atom stereocenters. The maximum absolute atomic E-state index is 13.5. The quantitative estimate of drug-likeness (QED) is 0.730. The van der Waals surface area contributed by atoms with Gasteiger partial charge in [0.15, 0.2) is 5.60 Å². The van der Waals surface area contributed by atoms with E-state index in [2.05, 4.69) is 0 Å². The third kappa shape index (κ3) is 3.15. The normalized spacial score (nSPS) is 24.7. The Morgan fingerprint density at radius 2 is 1.71 bits per heavy atom. The number of ether oxygens (including phenoxy) is 2. The van der Waals surface area contributed by atoms with Crippen LogP contribution in [0.4, 0.5) is 13.2 Å². The van der Waals surface area contributed by atoms with E-state index in [4.69, 9.17) is 9.47 Å². The van der Waals surface area contributed by atoms with Crippen LogP contribution in [-0.4, -0.2) is 19.0 Å². The van der Waals surface area contributed by atoms with E-state index in [0.29, 0.717) is 5.56 Å². The third-order valence-corrected chi connectivity index (χ3v) is 5.39. The van der Waals surface area contributed by atoms with Gasteiger partial charge < -0.3 is 9.47 Å². The number of methoxy groups -OCH3 is 1. The van der Waals surface area contributed by atoms with Gasteiger partial charge in [-0.25, -0.2) is 0 Å². The number of benzene rings is 2. The van der Waals surface area contributed by atoms with Crippen LogP contribution in [0.2, 0.25) is 0 Å². The third-order valence-electron chi connectivity index (χ3n) is 5.39. The number of alkyl halides is 3. The molecule has 0 aliphatic carbocycles. The predicted molar refractivity (Wildman–Crippen MR) is 94.1 cm³/mol. The van der Waals surface area contributed by atoms with E-state index < -0.39 is 34.7 Å². The highest BCUT2D eigenvalue weighted by atomic mass is 19.4. The van der Waals surface area contributed by atoms with E-state index in [9.17, 15) is 22.8 Å². The summed E-state index contributed by atoms with van der Waals surface area (Å²) in [6.45, 7) is 1.54. The first kappa shape index (κ1) is 19.9. The van der Waals surface area contributed by atoms with Crippen LogP contribution in [0.15, 0.2) is 54.6 Å². The minimum atomic E-state index is -4.60. The van der Waals surface area contributed by atoms with Crippen LogP contribution in [-0.2, 0) is 37.3 Å². The molecule has 0 aromatic heterocycles. The van der Waals surface area contributed by atoms with Gasteiger partial charge in [-0.1, -0.05) is 48.5 Å². The predicted octanol–water partition coefficient (Wildman–Crippen LogP) is 4.27. The molecule has 7 heteroatoms. The zero-order valence-corrected chi connectivity index (χ0v) is 15.4. The van der Waals surface area contributed by atoms with Crippen LogP contribution in [0.1, 0.15) is 30.0 Å². The second-order valence-electron chi connectivity index (χ2n) is 6.96. The lowest BCUT2D eigenvalue weighted by Crippen LogP contribution is -2.48. The van der Waals surface area contributed by atoms with Gasteiger partial charge in [-0.05, 0) is 30.5 Å². The zero-order chi connectivity index (χ0) is 20.6. The highest BCUT2D eigenvalue weighted by molar-refractivity contribution is 5.89. The van der Waals surface area contributed by atoms with Crippen molar-refractivity contribution in [2.45, 2.75) is 31.5 Å². The summed E-state index contributed by atoms with van der Waals surface area (Å²) in [5.41, 5.74) is -3.55. The topological polar surface area (TPSA) is 52.6 Å². The van der Waals surface area contributed by atoms with Crippen LogP contribution in [0.5, 0.6) is 0 Å². The molecule has 3 rings (SSSR count). The van der Waals surface area contributed by atoms with Crippen LogP contribution >= 0.6 is 0 Å². The lowest BCUT2D eigenvalue weighted by Gasteiger charge is -2.39. The summed E-state index contributed by atoms with van der Waals surface area (Å²) in [5, 5.41) is 0. The lowest BCUT2D eigenvalue weighted by molar-refractivity contribution is -0.168. The molecule has 0 bridgehead atoms. The standard InChI is InChI=1S/C21H19F3O4/c1-19(15-9-4-3-5-10-15)20(18(26)27-2,13-17(25)28-19)12-14-8-6-7-11-16(14)21(22,23)24/h3-11H,12-13H2,1-2H3. The van der Waals surface area contributed by atoms with Gasteiger partial charge in [0, 0.05) is 0 Å². The van der Waals surface area contributed by atoms with Crippen LogP contribution < -0.4 is 0 Å². The van der Waals surface area contributed by atoms with E-state index >= 15 is 0 Å². The van der Waals surface area contributed by atoms with Gasteiger partial charge in [-0.15, -0.1) is 0 Å². The summed E-state index contributed by atoms with van der Waals surface area (Å²) < 4.78 is 51.0. The van der Waals surface area contributed by atoms with Crippen molar-refractivity contribution in [1.82, 2.24) is 0 Å². The molecule has 28 heavy (non-hydrogen) atoms. The van der Waals surface area contributed by atoms with Gasteiger partial charge in [0.05, 0.1) is 19.1 Å². The van der Waals surface area contributed by atoms with Crippen molar-refractivity contribution in [3.63, 3.8) is 0 Å². The summed E-state index contributed by atoms with van der Waals surface area (Å²) >= 11 is 0. The Hall–Kier alpha value is -2.83. The molecule has 2 aromatic carbocycles. The first-order valence-electron chi connectivity index (χ1n) is 8.65. The average molecular weight is 392 g/mol. The summed E-state index contributed by atoms with van der Waals surface area (Å²) in [4.78, 5) is 25.2. The van der Waals surface area contributed by atoms with Gasteiger partial charge in [0.1, 0.15) is 5.41 Å². The Balaban J connectivity index is 2.20. The minimum absolute atomic E-state index is 0.0964. The largest absolute Gasteiger partial charge is 0.468 e. The Morgan fingerprint density at radius 3 is 2.32 bits per heavy atom. The first-order chi connectivity index (χ1) is 13.1. The first-order valence-corrected chi connectivity index (χ1v) is 8.65. The molecule has 1 aliphatic heterocycles. The number of hydrogen-bond donors (Lipinski definition) is 0. The molecule has 0 spiro atoms. The van der Waals surface area contributed by atoms with Gasteiger partial charge >= 0.3 is 18.1 Å². The molecule has 2 atom stereocenters. The summed E-state index contributed by atoms with van der Waals surface area (Å²) in [7, 11) is 1.15. The molecular weight excluding hydrogens is 373 g/mol. The summed E-state index contributed by atoms with van der Waals surface area (Å²) in [6, 6.07) is 13.5. The number of hydrogen-bond acceptors (Lipinski definition) is 4. The number of esters is 2. The van der Waals surface area contributed by atoms with E-state index in [1.165, 1.54) is 18.2 Å². The Bertz CT molecular complexity index is 894. The average Bonchev–Trinajstić information content (AvgIpc) is 2.93. The van der Waals surface area contributed by atoms with E-state index in [1.807, 2.05) is 0 Å². The number of carbonyl (C=O) groups is 2. The van der Waals surface area contributed by atoms with Gasteiger partial charge in [-0.3, -0.25) is 9.59 Å². The monoisotopic (exact) mass is 392 g/mol. The highest BCUT2D eigenvalue weighted by Crippen LogP contribution is 2.54. The zero-order valence-electron chi connectivity index (χ0n) is 15.4. The fraction of sp³-hybridized carbons (Fsp3) is 0.333. The molecule has 0 radical (unpaired) electrons. The minimum Gasteiger partial charge on any atom is -0.468 e. The van der Waals surface area contributed by atoms with Crippen molar-refractivity contribution >= 4 is 11.9 Å². The lowest BCUT2D eigenvalue weighted by atomic mass is 9.65.